The van der Waals surface area contributed by atoms with Crippen LogP contribution in [0.5, 0.6) is 0 Å². The van der Waals surface area contributed by atoms with Crippen molar-refractivity contribution in [3.8, 4) is 0 Å². The average Bonchev–Trinajstić information content (AvgIpc) is 3.48. The van der Waals surface area contributed by atoms with E-state index in [1.165, 1.54) is 41.7 Å². The molecule has 2 aromatic heterocycles. The maximum Gasteiger partial charge on any atom is 0.410 e. The largest absolute Gasteiger partial charge is 0.459 e. The number of nitrogens with zero attached hydrogens (tertiary/aromatic N) is 3. The number of thiophene rings is 1. The molecule has 1 amide bonds. The minimum absolute atomic E-state index is 0.0213. The number of nitro benzene ring substituents is 1. The molecule has 1 aromatic carbocycles. The highest BCUT2D eigenvalue weighted by molar-refractivity contribution is 7.17. The molecule has 14 heteroatoms. The molecule has 0 saturated carbocycles. The van der Waals surface area contributed by atoms with Crippen molar-refractivity contribution in [2.24, 2.45) is 0 Å². The first-order valence-corrected chi connectivity index (χ1v) is 13.6. The van der Waals surface area contributed by atoms with Crippen LogP contribution in [0, 0.1) is 10.1 Å². The van der Waals surface area contributed by atoms with Crippen LogP contribution in [0.25, 0.3) is 0 Å². The number of hydrogen-bond acceptors (Lipinski definition) is 8. The molecule has 1 aliphatic carbocycles. The third-order valence-electron chi connectivity index (χ3n) is 6.87. The molecule has 5 rings (SSSR count). The zero-order valence-electron chi connectivity index (χ0n) is 21.6. The molecule has 2 aliphatic rings. The molecule has 0 saturated heterocycles. The lowest BCUT2D eigenvalue weighted by Gasteiger charge is -2.33. The molecule has 0 bridgehead atoms. The Balaban J connectivity index is 1.44. The van der Waals surface area contributed by atoms with Crippen molar-refractivity contribution < 1.29 is 32.4 Å². The van der Waals surface area contributed by atoms with Crippen LogP contribution in [0.1, 0.15) is 82.0 Å². The summed E-state index contributed by atoms with van der Waals surface area (Å²) < 4.78 is 48.4. The molecule has 3 aromatic rings. The second-order valence-electron chi connectivity index (χ2n) is 10.0. The van der Waals surface area contributed by atoms with Gasteiger partial charge in [0.1, 0.15) is 10.8 Å². The average molecular weight is 578 g/mol. The number of aromatic nitrogens is 2. The van der Waals surface area contributed by atoms with E-state index in [0.29, 0.717) is 12.0 Å². The Morgan fingerprint density at radius 1 is 1.23 bits per heavy atom. The van der Waals surface area contributed by atoms with Crippen molar-refractivity contribution in [1.29, 1.82) is 0 Å². The van der Waals surface area contributed by atoms with E-state index in [2.05, 4.69) is 15.7 Å². The van der Waals surface area contributed by atoms with Crippen LogP contribution in [0.15, 0.2) is 30.3 Å². The second-order valence-corrected chi connectivity index (χ2v) is 11.1. The Hall–Kier alpha value is -3.94. The van der Waals surface area contributed by atoms with E-state index in [9.17, 15) is 32.9 Å². The molecule has 212 valence electrons. The molecule has 10 nitrogen and oxygen atoms in total. The summed E-state index contributed by atoms with van der Waals surface area (Å²) in [6.45, 7) is 3.44. The first-order chi connectivity index (χ1) is 18.9. The van der Waals surface area contributed by atoms with Crippen LogP contribution >= 0.6 is 11.3 Å². The second kappa shape index (κ2) is 10.6. The van der Waals surface area contributed by atoms with Gasteiger partial charge in [-0.25, -0.2) is 9.48 Å². The number of ether oxygens (including phenoxy) is 1. The fourth-order valence-electron chi connectivity index (χ4n) is 5.04. The number of esters is 1. The van der Waals surface area contributed by atoms with Gasteiger partial charge in [-0.1, -0.05) is 12.1 Å². The summed E-state index contributed by atoms with van der Waals surface area (Å²) in [7, 11) is 0. The number of benzene rings is 1. The minimum Gasteiger partial charge on any atom is -0.459 e. The number of aryl methyl sites for hydroxylation is 1. The number of halogens is 3. The summed E-state index contributed by atoms with van der Waals surface area (Å²) in [5, 5.41) is 20.9. The lowest BCUT2D eigenvalue weighted by molar-refractivity contribution is -0.384. The monoisotopic (exact) mass is 577 g/mol. The van der Waals surface area contributed by atoms with Crippen LogP contribution in [0.4, 0.5) is 29.7 Å². The van der Waals surface area contributed by atoms with Crippen molar-refractivity contribution in [2.75, 3.05) is 10.6 Å². The first kappa shape index (κ1) is 27.6. The zero-order chi connectivity index (χ0) is 28.8. The van der Waals surface area contributed by atoms with E-state index in [-0.39, 0.29) is 33.9 Å². The number of anilines is 2. The SMILES string of the molecule is CC(C)OC(=O)c1c(NC(=O)c2cc3n(n2)[C@H](C(F)(F)F)C[C@@H](c2ccc([N+](=O)[O-])cc2)N3)sc2c1CCCC2. The van der Waals surface area contributed by atoms with Gasteiger partial charge in [0.05, 0.1) is 22.6 Å². The summed E-state index contributed by atoms with van der Waals surface area (Å²) in [6.07, 6.45) is -2.19. The maximum absolute atomic E-state index is 14.1. The van der Waals surface area contributed by atoms with Gasteiger partial charge in [0.25, 0.3) is 11.6 Å². The third-order valence-corrected chi connectivity index (χ3v) is 8.08. The highest BCUT2D eigenvalue weighted by Crippen LogP contribution is 2.44. The molecule has 0 unspecified atom stereocenters. The van der Waals surface area contributed by atoms with E-state index in [4.69, 9.17) is 4.74 Å². The number of nitro groups is 1. The topological polar surface area (TPSA) is 128 Å². The van der Waals surface area contributed by atoms with E-state index < -0.39 is 41.5 Å². The van der Waals surface area contributed by atoms with E-state index in [1.807, 2.05) is 0 Å². The quantitative estimate of drug-likeness (QED) is 0.203. The zero-order valence-corrected chi connectivity index (χ0v) is 22.4. The summed E-state index contributed by atoms with van der Waals surface area (Å²) in [5.74, 6) is -1.33. The number of rotatable bonds is 6. The maximum atomic E-state index is 14.1. The van der Waals surface area contributed by atoms with Gasteiger partial charge in [0.2, 0.25) is 0 Å². The predicted octanol–water partition coefficient (Wildman–Crippen LogP) is 6.21. The summed E-state index contributed by atoms with van der Waals surface area (Å²) in [6, 6.07) is 3.63. The Kier molecular flexibility index (Phi) is 7.29. The van der Waals surface area contributed by atoms with E-state index >= 15 is 0 Å². The lowest BCUT2D eigenvalue weighted by Crippen LogP contribution is -2.35. The van der Waals surface area contributed by atoms with Crippen LogP contribution in [-0.4, -0.2) is 38.9 Å². The van der Waals surface area contributed by atoms with E-state index in [1.54, 1.807) is 13.8 Å². The van der Waals surface area contributed by atoms with Gasteiger partial charge in [-0.2, -0.15) is 18.3 Å². The number of hydrogen-bond donors (Lipinski definition) is 2. The molecular weight excluding hydrogens is 551 g/mol. The summed E-state index contributed by atoms with van der Waals surface area (Å²) in [5.41, 5.74) is 1.12. The van der Waals surface area contributed by atoms with Gasteiger partial charge in [-0.15, -0.1) is 11.3 Å². The molecule has 0 spiro atoms. The molecule has 0 fully saturated rings. The van der Waals surface area contributed by atoms with Crippen LogP contribution < -0.4 is 10.6 Å². The van der Waals surface area contributed by atoms with Gasteiger partial charge in [0, 0.05) is 29.5 Å². The highest BCUT2D eigenvalue weighted by atomic mass is 32.1. The fourth-order valence-corrected chi connectivity index (χ4v) is 6.31. The molecule has 0 radical (unpaired) electrons. The molecule has 2 atom stereocenters. The Morgan fingerprint density at radius 2 is 1.93 bits per heavy atom. The van der Waals surface area contributed by atoms with Gasteiger partial charge in [-0.3, -0.25) is 14.9 Å². The number of carbonyl (C=O) groups is 2. The number of nitrogens with one attached hydrogen (secondary N) is 2. The molecule has 2 N–H and O–H groups in total. The van der Waals surface area contributed by atoms with Gasteiger partial charge in [-0.05, 0) is 50.7 Å². The van der Waals surface area contributed by atoms with Crippen LogP contribution in [0.3, 0.4) is 0 Å². The number of alkyl halides is 3. The smallest absolute Gasteiger partial charge is 0.410 e. The number of carbonyl (C=O) groups excluding carboxylic acids is 2. The van der Waals surface area contributed by atoms with Gasteiger partial charge >= 0.3 is 12.1 Å². The number of fused-ring (bicyclic) bond motifs is 2. The van der Waals surface area contributed by atoms with Crippen LogP contribution in [0.2, 0.25) is 0 Å². The normalized spacial score (nSPS) is 18.4. The van der Waals surface area contributed by atoms with Gasteiger partial charge in [0.15, 0.2) is 11.7 Å². The van der Waals surface area contributed by atoms with Crippen molar-refractivity contribution >= 4 is 39.7 Å². The fraction of sp³-hybridized carbons (Fsp3) is 0.423. The van der Waals surface area contributed by atoms with Crippen LogP contribution in [-0.2, 0) is 17.6 Å². The predicted molar refractivity (Wildman–Crippen MR) is 141 cm³/mol. The summed E-state index contributed by atoms with van der Waals surface area (Å²) >= 11 is 1.27. The van der Waals surface area contributed by atoms with E-state index in [0.717, 1.165) is 34.4 Å². The molecule has 1 aliphatic heterocycles. The molecule has 40 heavy (non-hydrogen) atoms. The number of amides is 1. The highest BCUT2D eigenvalue weighted by Gasteiger charge is 2.47. The van der Waals surface area contributed by atoms with Crippen molar-refractivity contribution in [1.82, 2.24) is 9.78 Å². The molecule has 3 heterocycles. The van der Waals surface area contributed by atoms with Crippen molar-refractivity contribution in [2.45, 2.75) is 70.3 Å². The Morgan fingerprint density at radius 3 is 2.58 bits per heavy atom. The lowest BCUT2D eigenvalue weighted by atomic mass is 9.95. The standard InChI is InChI=1S/C26H26F3N5O5S/c1-13(2)39-25(36)22-16-5-3-4-6-19(16)40-24(22)31-23(35)18-12-21-30-17(11-20(26(27,28)29)33(21)32-18)14-7-9-15(10-8-14)34(37)38/h7-10,12-13,17,20,30H,3-6,11H2,1-2H3,(H,31,35)/t17-,20-/m0/s1. The Labute approximate surface area is 230 Å². The minimum atomic E-state index is -4.67. The molecular formula is C26H26F3N5O5S. The summed E-state index contributed by atoms with van der Waals surface area (Å²) in [4.78, 5) is 37.5. The third kappa shape index (κ3) is 5.40. The number of non-ortho nitro benzene ring substituents is 1. The Bertz CT molecular complexity index is 1460. The van der Waals surface area contributed by atoms with Crippen molar-refractivity contribution in [3.63, 3.8) is 0 Å². The first-order valence-electron chi connectivity index (χ1n) is 12.8. The van der Waals surface area contributed by atoms with Gasteiger partial charge < -0.3 is 15.4 Å². The van der Waals surface area contributed by atoms with Crippen molar-refractivity contribution in [3.05, 3.63) is 67.7 Å².